The molecule has 0 bridgehead atoms. The van der Waals surface area contributed by atoms with Crippen LogP contribution in [-0.4, -0.2) is 86.0 Å². The topological polar surface area (TPSA) is 127 Å². The van der Waals surface area contributed by atoms with Gasteiger partial charge in [0.2, 0.25) is 0 Å². The summed E-state index contributed by atoms with van der Waals surface area (Å²) in [5.41, 5.74) is -0.00222. The third kappa shape index (κ3) is 8.40. The molecule has 3 aromatic rings. The van der Waals surface area contributed by atoms with Crippen molar-refractivity contribution in [3.8, 4) is 5.69 Å². The second-order valence-electron chi connectivity index (χ2n) is 8.58. The van der Waals surface area contributed by atoms with Crippen LogP contribution in [0.4, 0.5) is 31.1 Å². The summed E-state index contributed by atoms with van der Waals surface area (Å²) in [5, 5.41) is 24.4. The first kappa shape index (κ1) is 31.3. The second-order valence-corrected chi connectivity index (χ2v) is 9.02. The molecule has 3 N–H and O–H groups in total. The lowest BCUT2D eigenvalue weighted by Gasteiger charge is -2.27. The zero-order valence-corrected chi connectivity index (χ0v) is 21.8. The van der Waals surface area contributed by atoms with E-state index in [0.29, 0.717) is 9.80 Å². The van der Waals surface area contributed by atoms with Crippen LogP contribution < -0.4 is 5.32 Å². The molecule has 0 spiro atoms. The third-order valence-corrected chi connectivity index (χ3v) is 5.70. The lowest BCUT2D eigenvalue weighted by atomic mass is 10.1. The maximum absolute atomic E-state index is 13.0. The van der Waals surface area contributed by atoms with Gasteiger partial charge in [-0.25, -0.2) is 14.5 Å². The van der Waals surface area contributed by atoms with E-state index >= 15 is 0 Å². The van der Waals surface area contributed by atoms with Crippen LogP contribution in [0.5, 0.6) is 0 Å². The molecule has 0 aliphatic carbocycles. The molecule has 0 saturated heterocycles. The second kappa shape index (κ2) is 12.6. The first-order valence-corrected chi connectivity index (χ1v) is 11.9. The lowest BCUT2D eigenvalue weighted by Crippen LogP contribution is -2.50. The molecule has 2 aromatic carbocycles. The summed E-state index contributed by atoms with van der Waals surface area (Å²) in [6.45, 7) is -3.23. The molecule has 3 rings (SSSR count). The highest BCUT2D eigenvalue weighted by molar-refractivity contribution is 6.30. The Morgan fingerprint density at radius 2 is 1.73 bits per heavy atom. The number of aliphatic hydroxyl groups is 1. The number of benzene rings is 2. The van der Waals surface area contributed by atoms with Gasteiger partial charge >= 0.3 is 18.4 Å². The molecule has 0 aliphatic rings. The molecular formula is C24H22ClF6N7O3. The van der Waals surface area contributed by atoms with Crippen molar-refractivity contribution in [2.45, 2.75) is 25.0 Å². The zero-order chi connectivity index (χ0) is 30.5. The number of para-hydroxylation sites is 1. The van der Waals surface area contributed by atoms with Crippen molar-refractivity contribution in [3.05, 3.63) is 76.8 Å². The molecule has 0 saturated carbocycles. The average molecular weight is 606 g/mol. The van der Waals surface area contributed by atoms with Crippen LogP contribution in [0.15, 0.2) is 54.9 Å². The van der Waals surface area contributed by atoms with E-state index in [1.807, 2.05) is 0 Å². The number of aliphatic hydroxyl groups excluding tert-OH is 1. The number of rotatable bonds is 8. The normalized spacial score (nSPS) is 12.5. The number of urea groups is 1. The van der Waals surface area contributed by atoms with E-state index in [9.17, 15) is 41.0 Å². The van der Waals surface area contributed by atoms with Crippen LogP contribution in [0.1, 0.15) is 21.7 Å². The number of hydrogen-bond acceptors (Lipinski definition) is 6. The van der Waals surface area contributed by atoms with Crippen LogP contribution in [0.2, 0.25) is 5.02 Å². The van der Waals surface area contributed by atoms with E-state index in [1.54, 1.807) is 0 Å². The van der Waals surface area contributed by atoms with Gasteiger partial charge in [-0.3, -0.25) is 15.1 Å². The molecule has 0 radical (unpaired) electrons. The molecule has 0 unspecified atom stereocenters. The van der Waals surface area contributed by atoms with Gasteiger partial charge < -0.3 is 15.3 Å². The highest BCUT2D eigenvalue weighted by Gasteiger charge is 2.41. The van der Waals surface area contributed by atoms with Crippen molar-refractivity contribution in [2.24, 2.45) is 0 Å². The summed E-state index contributed by atoms with van der Waals surface area (Å²) in [5.74, 6) is -1.68. The van der Waals surface area contributed by atoms with Gasteiger partial charge in [0.25, 0.3) is 5.91 Å². The molecule has 1 atom stereocenters. The fourth-order valence-corrected chi connectivity index (χ4v) is 3.59. The van der Waals surface area contributed by atoms with E-state index in [1.165, 1.54) is 48.5 Å². The number of carbonyl (C=O) groups is 2. The molecule has 3 amide bonds. The lowest BCUT2D eigenvalue weighted by molar-refractivity contribution is -0.204. The minimum absolute atomic E-state index is 0.0399. The Bertz CT molecular complexity index is 1400. The number of nitrogens with zero attached hydrogens (tertiary/aromatic N) is 5. The number of aromatic nitrogens is 3. The summed E-state index contributed by atoms with van der Waals surface area (Å²) in [4.78, 5) is 30.3. The fraction of sp³-hybridized carbons (Fsp3) is 0.292. The number of nitrogens with one attached hydrogen (secondary N) is 2. The van der Waals surface area contributed by atoms with Crippen LogP contribution >= 0.6 is 11.6 Å². The summed E-state index contributed by atoms with van der Waals surface area (Å²) in [7, 11) is 0.984. The van der Waals surface area contributed by atoms with Gasteiger partial charge in [-0.1, -0.05) is 23.7 Å². The van der Waals surface area contributed by atoms with Gasteiger partial charge in [-0.15, -0.1) is 5.10 Å². The van der Waals surface area contributed by atoms with E-state index in [2.05, 4.69) is 15.4 Å². The number of halogens is 7. The number of amides is 3. The highest BCUT2D eigenvalue weighted by atomic mass is 35.5. The van der Waals surface area contributed by atoms with Crippen LogP contribution in [0.25, 0.3) is 5.69 Å². The zero-order valence-electron chi connectivity index (χ0n) is 21.0. The third-order valence-electron chi connectivity index (χ3n) is 5.45. The van der Waals surface area contributed by atoms with Crippen molar-refractivity contribution < 1.29 is 41.0 Å². The molecule has 17 heteroatoms. The van der Waals surface area contributed by atoms with Gasteiger partial charge in [-0.05, 0) is 36.4 Å². The Kier molecular flexibility index (Phi) is 9.60. The predicted molar refractivity (Wildman–Crippen MR) is 134 cm³/mol. The molecule has 1 aromatic heterocycles. The van der Waals surface area contributed by atoms with Crippen molar-refractivity contribution in [3.63, 3.8) is 0 Å². The molecule has 0 aliphatic heterocycles. The van der Waals surface area contributed by atoms with Crippen LogP contribution in [0.3, 0.4) is 0 Å². The minimum atomic E-state index is -5.07. The van der Waals surface area contributed by atoms with Gasteiger partial charge in [0, 0.05) is 17.6 Å². The Morgan fingerprint density at radius 3 is 2.34 bits per heavy atom. The van der Waals surface area contributed by atoms with E-state index in [-0.39, 0.29) is 27.7 Å². The maximum Gasteiger partial charge on any atom is 0.416 e. The standard InChI is InChI=1S/C24H22ClF6N7O3/c1-36(12-23(26,27)28)21(40)16-4-2-3-5-17(16)38-13-34-19(35-38)10-33-22(41)37(11-18(39)24(29,30)31)20(32)14-6-8-15(25)9-7-14/h2-9,13,18,32,39H,10-12H2,1H3,(H,33,41)/t18-/m0/s1. The number of amidine groups is 1. The van der Waals surface area contributed by atoms with Gasteiger partial charge in [0.05, 0.1) is 24.3 Å². The number of alkyl halides is 6. The largest absolute Gasteiger partial charge is 0.416 e. The van der Waals surface area contributed by atoms with E-state index in [0.717, 1.165) is 18.1 Å². The Hall–Kier alpha value is -4.18. The molecular weight excluding hydrogens is 584 g/mol. The Labute approximate surface area is 233 Å². The van der Waals surface area contributed by atoms with Crippen LogP contribution in [-0.2, 0) is 6.54 Å². The average Bonchev–Trinajstić information content (AvgIpc) is 3.37. The van der Waals surface area contributed by atoms with Gasteiger partial charge in [0.1, 0.15) is 18.7 Å². The number of carbonyl (C=O) groups excluding carboxylic acids is 2. The smallest absolute Gasteiger partial charge is 0.382 e. The molecule has 0 fully saturated rings. The van der Waals surface area contributed by atoms with Crippen molar-refractivity contribution >= 4 is 29.4 Å². The molecule has 10 nitrogen and oxygen atoms in total. The minimum Gasteiger partial charge on any atom is -0.382 e. The summed E-state index contributed by atoms with van der Waals surface area (Å²) in [6.07, 6.45) is -11.5. The quantitative estimate of drug-likeness (QED) is 0.203. The number of hydrogen-bond donors (Lipinski definition) is 3. The predicted octanol–water partition coefficient (Wildman–Crippen LogP) is 4.02. The van der Waals surface area contributed by atoms with E-state index < -0.39 is 55.9 Å². The van der Waals surface area contributed by atoms with Crippen molar-refractivity contribution in [2.75, 3.05) is 20.1 Å². The fourth-order valence-electron chi connectivity index (χ4n) is 3.46. The highest BCUT2D eigenvalue weighted by Crippen LogP contribution is 2.22. The summed E-state index contributed by atoms with van der Waals surface area (Å²) >= 11 is 5.80. The van der Waals surface area contributed by atoms with Gasteiger partial charge in [-0.2, -0.15) is 26.3 Å². The first-order valence-electron chi connectivity index (χ1n) is 11.5. The van der Waals surface area contributed by atoms with Crippen molar-refractivity contribution in [1.82, 2.24) is 29.9 Å². The molecule has 220 valence electrons. The Morgan fingerprint density at radius 1 is 1.10 bits per heavy atom. The first-order chi connectivity index (χ1) is 19.1. The van der Waals surface area contributed by atoms with Gasteiger partial charge in [0.15, 0.2) is 11.9 Å². The van der Waals surface area contributed by atoms with E-state index in [4.69, 9.17) is 17.0 Å². The summed E-state index contributed by atoms with van der Waals surface area (Å²) in [6, 6.07) is 9.79. The van der Waals surface area contributed by atoms with Crippen LogP contribution in [0, 0.1) is 5.41 Å². The molecule has 41 heavy (non-hydrogen) atoms. The maximum atomic E-state index is 13.0. The SMILES string of the molecule is CN(CC(F)(F)F)C(=O)c1ccccc1-n1cnc(CNC(=O)N(C[C@H](O)C(F)(F)F)C(=N)c2ccc(Cl)cc2)n1. The Balaban J connectivity index is 1.78. The molecule has 1 heterocycles. The van der Waals surface area contributed by atoms with Crippen molar-refractivity contribution in [1.29, 1.82) is 5.41 Å². The summed E-state index contributed by atoms with van der Waals surface area (Å²) < 4.78 is 78.4. The monoisotopic (exact) mass is 605 g/mol.